The van der Waals surface area contributed by atoms with Crippen LogP contribution in [0.5, 0.6) is 0 Å². The third-order valence-electron chi connectivity index (χ3n) is 3.66. The van der Waals surface area contributed by atoms with Crippen LogP contribution in [0.4, 0.5) is 4.39 Å². The van der Waals surface area contributed by atoms with Gasteiger partial charge in [-0.25, -0.2) is 9.18 Å². The van der Waals surface area contributed by atoms with Crippen LogP contribution in [0.2, 0.25) is 0 Å². The summed E-state index contributed by atoms with van der Waals surface area (Å²) in [5.41, 5.74) is 0.669. The van der Waals surface area contributed by atoms with Crippen LogP contribution in [0, 0.1) is 18.2 Å². The van der Waals surface area contributed by atoms with Crippen LogP contribution in [0.1, 0.15) is 31.7 Å². The van der Waals surface area contributed by atoms with Gasteiger partial charge in [-0.05, 0) is 30.5 Å². The van der Waals surface area contributed by atoms with Crippen LogP contribution in [-0.2, 0) is 25.5 Å². The Kier molecular flexibility index (Phi) is 8.85. The Morgan fingerprint density at radius 3 is 2.38 bits per heavy atom. The molecule has 2 N–H and O–H groups in total. The average molecular weight is 362 g/mol. The van der Waals surface area contributed by atoms with Gasteiger partial charge < -0.3 is 15.4 Å². The number of terminal acetylenes is 1. The van der Waals surface area contributed by atoms with Crippen LogP contribution < -0.4 is 10.6 Å². The zero-order chi connectivity index (χ0) is 19.5. The molecule has 0 radical (unpaired) electrons. The predicted molar refractivity (Wildman–Crippen MR) is 94.3 cm³/mol. The van der Waals surface area contributed by atoms with Crippen LogP contribution in [0.15, 0.2) is 24.3 Å². The molecule has 0 saturated heterocycles. The van der Waals surface area contributed by atoms with Crippen molar-refractivity contribution in [3.63, 3.8) is 0 Å². The molecule has 2 atom stereocenters. The third-order valence-corrected chi connectivity index (χ3v) is 3.66. The summed E-state index contributed by atoms with van der Waals surface area (Å²) in [6.07, 6.45) is 6.69. The van der Waals surface area contributed by atoms with Crippen molar-refractivity contribution in [1.82, 2.24) is 10.6 Å². The van der Waals surface area contributed by atoms with Crippen LogP contribution in [0.3, 0.4) is 0 Å². The lowest BCUT2D eigenvalue weighted by Crippen LogP contribution is -2.52. The Bertz CT molecular complexity index is 667. The highest BCUT2D eigenvalue weighted by atomic mass is 19.1. The highest BCUT2D eigenvalue weighted by molar-refractivity contribution is 5.90. The molecule has 0 aliphatic heterocycles. The minimum atomic E-state index is -0.905. The molecule has 0 aliphatic carbocycles. The van der Waals surface area contributed by atoms with E-state index in [0.29, 0.717) is 24.8 Å². The van der Waals surface area contributed by atoms with Crippen molar-refractivity contribution in [2.24, 2.45) is 0 Å². The van der Waals surface area contributed by atoms with E-state index in [1.165, 1.54) is 38.3 Å². The Labute approximate surface area is 152 Å². The van der Waals surface area contributed by atoms with Gasteiger partial charge in [0.25, 0.3) is 0 Å². The van der Waals surface area contributed by atoms with Crippen molar-refractivity contribution in [1.29, 1.82) is 0 Å². The molecule has 0 bridgehead atoms. The minimum Gasteiger partial charge on any atom is -0.467 e. The largest absolute Gasteiger partial charge is 0.467 e. The molecule has 26 heavy (non-hydrogen) atoms. The van der Waals surface area contributed by atoms with Gasteiger partial charge in [0.05, 0.1) is 7.11 Å². The lowest BCUT2D eigenvalue weighted by molar-refractivity contribution is -0.145. The number of halogens is 1. The summed E-state index contributed by atoms with van der Waals surface area (Å²) >= 11 is 0. The summed E-state index contributed by atoms with van der Waals surface area (Å²) in [6.45, 7) is 1.29. The Morgan fingerprint density at radius 2 is 1.85 bits per heavy atom. The van der Waals surface area contributed by atoms with Gasteiger partial charge in [0.2, 0.25) is 11.8 Å². The Morgan fingerprint density at radius 1 is 1.19 bits per heavy atom. The minimum absolute atomic E-state index is 0.157. The fourth-order valence-corrected chi connectivity index (χ4v) is 2.38. The van der Waals surface area contributed by atoms with Crippen LogP contribution in [-0.4, -0.2) is 37.0 Å². The summed E-state index contributed by atoms with van der Waals surface area (Å²) < 4.78 is 17.7. The molecular formula is C19H23FN2O4. The van der Waals surface area contributed by atoms with Gasteiger partial charge >= 0.3 is 5.97 Å². The topological polar surface area (TPSA) is 84.5 Å². The van der Waals surface area contributed by atoms with E-state index in [-0.39, 0.29) is 6.42 Å². The molecule has 0 heterocycles. The number of hydrogen-bond acceptors (Lipinski definition) is 4. The zero-order valence-corrected chi connectivity index (χ0v) is 14.9. The van der Waals surface area contributed by atoms with Gasteiger partial charge in [0.1, 0.15) is 17.9 Å². The number of carbonyl (C=O) groups is 3. The summed E-state index contributed by atoms with van der Waals surface area (Å²) in [7, 11) is 1.23. The van der Waals surface area contributed by atoms with Gasteiger partial charge in [-0.2, -0.15) is 0 Å². The maximum atomic E-state index is 13.0. The van der Waals surface area contributed by atoms with Gasteiger partial charge in [-0.15, -0.1) is 12.3 Å². The quantitative estimate of drug-likeness (QED) is 0.394. The lowest BCUT2D eigenvalue weighted by atomic mass is 10.0. The normalized spacial score (nSPS) is 12.4. The van der Waals surface area contributed by atoms with E-state index < -0.39 is 35.7 Å². The molecule has 0 aromatic heterocycles. The number of esters is 1. The fourth-order valence-electron chi connectivity index (χ4n) is 2.38. The van der Waals surface area contributed by atoms with Crippen molar-refractivity contribution in [2.45, 2.75) is 44.7 Å². The molecule has 1 aromatic rings. The van der Waals surface area contributed by atoms with Gasteiger partial charge in [0, 0.05) is 19.8 Å². The van der Waals surface area contributed by atoms with E-state index in [0.717, 1.165) is 0 Å². The SMILES string of the molecule is C#CCCC[C@@H](NC(=O)[C@H](Cc1ccc(F)cc1)NC(C)=O)C(=O)OC. The second-order valence-corrected chi connectivity index (χ2v) is 5.76. The first-order valence-electron chi connectivity index (χ1n) is 8.20. The van der Waals surface area contributed by atoms with Gasteiger partial charge in [-0.1, -0.05) is 12.1 Å². The van der Waals surface area contributed by atoms with Crippen molar-refractivity contribution >= 4 is 17.8 Å². The van der Waals surface area contributed by atoms with E-state index in [2.05, 4.69) is 16.6 Å². The number of amides is 2. The Balaban J connectivity index is 2.84. The molecule has 0 saturated carbocycles. The van der Waals surface area contributed by atoms with E-state index in [1.54, 1.807) is 0 Å². The molecule has 2 amide bonds. The summed E-state index contributed by atoms with van der Waals surface area (Å²) in [5, 5.41) is 5.14. The number of ether oxygens (including phenoxy) is 1. The predicted octanol–water partition coefficient (Wildman–Crippen LogP) is 1.33. The van der Waals surface area contributed by atoms with E-state index in [9.17, 15) is 18.8 Å². The summed E-state index contributed by atoms with van der Waals surface area (Å²) in [5.74, 6) is 0.566. The maximum absolute atomic E-state index is 13.0. The lowest BCUT2D eigenvalue weighted by Gasteiger charge is -2.22. The smallest absolute Gasteiger partial charge is 0.328 e. The highest BCUT2D eigenvalue weighted by Gasteiger charge is 2.26. The number of unbranched alkanes of at least 4 members (excludes halogenated alkanes) is 1. The van der Waals surface area contributed by atoms with Gasteiger partial charge in [0.15, 0.2) is 0 Å². The molecule has 1 aromatic carbocycles. The van der Waals surface area contributed by atoms with E-state index in [4.69, 9.17) is 11.2 Å². The molecule has 0 fully saturated rings. The molecular weight excluding hydrogens is 339 g/mol. The first-order valence-corrected chi connectivity index (χ1v) is 8.20. The second kappa shape index (κ2) is 10.9. The molecule has 0 aliphatic rings. The third kappa shape index (κ3) is 7.34. The summed E-state index contributed by atoms with van der Waals surface area (Å²) in [6, 6.07) is 3.84. The number of nitrogens with one attached hydrogen (secondary N) is 2. The molecule has 0 spiro atoms. The standard InChI is InChI=1S/C19H23FN2O4/c1-4-5-6-7-16(19(25)26-3)22-18(24)17(21-13(2)23)12-14-8-10-15(20)11-9-14/h1,8-11,16-17H,5-7,12H2,2-3H3,(H,21,23)(H,22,24)/t16-,17+/m1/s1. The number of benzene rings is 1. The first kappa shape index (κ1) is 21.2. The van der Waals surface area contributed by atoms with Crippen molar-refractivity contribution in [2.75, 3.05) is 7.11 Å². The Hall–Kier alpha value is -2.88. The summed E-state index contributed by atoms with van der Waals surface area (Å²) in [4.78, 5) is 35.9. The number of methoxy groups -OCH3 is 1. The van der Waals surface area contributed by atoms with Crippen molar-refractivity contribution in [3.05, 3.63) is 35.6 Å². The van der Waals surface area contributed by atoms with E-state index >= 15 is 0 Å². The average Bonchev–Trinajstić information content (AvgIpc) is 2.61. The molecule has 6 nitrogen and oxygen atoms in total. The molecule has 140 valence electrons. The first-order chi connectivity index (χ1) is 12.4. The van der Waals surface area contributed by atoms with Crippen molar-refractivity contribution in [3.8, 4) is 12.3 Å². The molecule has 7 heteroatoms. The monoisotopic (exact) mass is 362 g/mol. The maximum Gasteiger partial charge on any atom is 0.328 e. The number of rotatable bonds is 9. The van der Waals surface area contributed by atoms with Gasteiger partial charge in [-0.3, -0.25) is 9.59 Å². The van der Waals surface area contributed by atoms with Crippen LogP contribution >= 0.6 is 0 Å². The highest BCUT2D eigenvalue weighted by Crippen LogP contribution is 2.08. The number of hydrogen-bond donors (Lipinski definition) is 2. The molecule has 1 rings (SSSR count). The van der Waals surface area contributed by atoms with E-state index in [1.807, 2.05) is 0 Å². The number of carbonyl (C=O) groups excluding carboxylic acids is 3. The zero-order valence-electron chi connectivity index (χ0n) is 14.9. The second-order valence-electron chi connectivity index (χ2n) is 5.76. The fraction of sp³-hybridized carbons (Fsp3) is 0.421. The van der Waals surface area contributed by atoms with Crippen molar-refractivity contribution < 1.29 is 23.5 Å². The van der Waals surface area contributed by atoms with Crippen LogP contribution in [0.25, 0.3) is 0 Å². The molecule has 0 unspecified atom stereocenters.